The zero-order valence-electron chi connectivity index (χ0n) is 13.2. The molecular formula is C17H23N3O. The molecule has 0 aliphatic rings. The van der Waals surface area contributed by atoms with Crippen molar-refractivity contribution in [3.63, 3.8) is 0 Å². The molecule has 0 unspecified atom stereocenters. The van der Waals surface area contributed by atoms with Gasteiger partial charge in [-0.15, -0.1) is 0 Å². The second-order valence-corrected chi connectivity index (χ2v) is 5.87. The van der Waals surface area contributed by atoms with E-state index in [9.17, 15) is 4.79 Å². The molecular weight excluding hydrogens is 262 g/mol. The maximum atomic E-state index is 12.1. The van der Waals surface area contributed by atoms with Crippen LogP contribution in [0, 0.1) is 12.8 Å². The van der Waals surface area contributed by atoms with Gasteiger partial charge in [0.05, 0.1) is 5.69 Å². The highest BCUT2D eigenvalue weighted by Gasteiger charge is 2.08. The molecule has 0 spiro atoms. The van der Waals surface area contributed by atoms with E-state index < -0.39 is 0 Å². The second kappa shape index (κ2) is 6.68. The fraction of sp³-hybridized carbons (Fsp3) is 0.412. The first-order valence-corrected chi connectivity index (χ1v) is 7.32. The Kier molecular flexibility index (Phi) is 4.91. The van der Waals surface area contributed by atoms with Gasteiger partial charge < -0.3 is 5.32 Å². The standard InChI is InChI=1S/C17H23N3O/c1-12(2)10-18-11-15-9-16(19-20(4)17(15)21)14-7-5-13(3)6-8-14/h5-9,12,18H,10-11H2,1-4H3. The first-order chi connectivity index (χ1) is 9.97. The minimum absolute atomic E-state index is 0.0397. The molecule has 0 saturated heterocycles. The molecule has 112 valence electrons. The van der Waals surface area contributed by atoms with Gasteiger partial charge in [-0.3, -0.25) is 4.79 Å². The van der Waals surface area contributed by atoms with E-state index >= 15 is 0 Å². The van der Waals surface area contributed by atoms with Crippen molar-refractivity contribution in [2.75, 3.05) is 6.54 Å². The maximum absolute atomic E-state index is 12.1. The molecule has 4 heteroatoms. The zero-order valence-corrected chi connectivity index (χ0v) is 13.2. The van der Waals surface area contributed by atoms with Gasteiger partial charge in [-0.25, -0.2) is 4.68 Å². The van der Waals surface area contributed by atoms with Gasteiger partial charge in [-0.05, 0) is 25.5 Å². The molecule has 1 N–H and O–H groups in total. The van der Waals surface area contributed by atoms with Crippen molar-refractivity contribution in [2.24, 2.45) is 13.0 Å². The molecule has 2 rings (SSSR count). The second-order valence-electron chi connectivity index (χ2n) is 5.87. The molecule has 1 aromatic heterocycles. The summed E-state index contributed by atoms with van der Waals surface area (Å²) in [6.07, 6.45) is 0. The Morgan fingerprint density at radius 3 is 2.52 bits per heavy atom. The molecule has 0 fully saturated rings. The molecule has 0 radical (unpaired) electrons. The minimum Gasteiger partial charge on any atom is -0.312 e. The topological polar surface area (TPSA) is 46.9 Å². The smallest absolute Gasteiger partial charge is 0.271 e. The fourth-order valence-electron chi connectivity index (χ4n) is 2.16. The van der Waals surface area contributed by atoms with Crippen molar-refractivity contribution in [2.45, 2.75) is 27.3 Å². The summed E-state index contributed by atoms with van der Waals surface area (Å²) in [5.74, 6) is 0.562. The molecule has 21 heavy (non-hydrogen) atoms. The molecule has 0 aliphatic heterocycles. The van der Waals surface area contributed by atoms with Gasteiger partial charge >= 0.3 is 0 Å². The Bertz CT molecular complexity index is 657. The van der Waals surface area contributed by atoms with Crippen LogP contribution in [0.5, 0.6) is 0 Å². The lowest BCUT2D eigenvalue weighted by molar-refractivity contribution is 0.547. The predicted octanol–water partition coefficient (Wildman–Crippen LogP) is 2.50. The summed E-state index contributed by atoms with van der Waals surface area (Å²) in [5.41, 5.74) is 3.79. The lowest BCUT2D eigenvalue weighted by atomic mass is 10.1. The highest BCUT2D eigenvalue weighted by molar-refractivity contribution is 5.59. The monoisotopic (exact) mass is 285 g/mol. The molecule has 1 aromatic carbocycles. The van der Waals surface area contributed by atoms with Gasteiger partial charge in [0.15, 0.2) is 0 Å². The number of nitrogens with one attached hydrogen (secondary N) is 1. The lowest BCUT2D eigenvalue weighted by Gasteiger charge is -2.10. The number of hydrogen-bond donors (Lipinski definition) is 1. The quantitative estimate of drug-likeness (QED) is 0.918. The van der Waals surface area contributed by atoms with Gasteiger partial charge in [-0.2, -0.15) is 5.10 Å². The Balaban J connectivity index is 2.29. The van der Waals surface area contributed by atoms with E-state index in [-0.39, 0.29) is 5.56 Å². The molecule has 0 saturated carbocycles. The maximum Gasteiger partial charge on any atom is 0.271 e. The van der Waals surface area contributed by atoms with Crippen LogP contribution < -0.4 is 10.9 Å². The predicted molar refractivity (Wildman–Crippen MR) is 86.2 cm³/mol. The van der Waals surface area contributed by atoms with Crippen molar-refractivity contribution < 1.29 is 0 Å². The van der Waals surface area contributed by atoms with E-state index in [1.54, 1.807) is 7.05 Å². The zero-order chi connectivity index (χ0) is 15.4. The lowest BCUT2D eigenvalue weighted by Crippen LogP contribution is -2.29. The summed E-state index contributed by atoms with van der Waals surface area (Å²) in [7, 11) is 1.70. The highest BCUT2D eigenvalue weighted by Crippen LogP contribution is 2.17. The summed E-state index contributed by atoms with van der Waals surface area (Å²) in [5, 5.41) is 7.67. The number of hydrogen-bond acceptors (Lipinski definition) is 3. The van der Waals surface area contributed by atoms with Crippen molar-refractivity contribution in [1.82, 2.24) is 15.1 Å². The molecule has 0 aliphatic carbocycles. The van der Waals surface area contributed by atoms with E-state index in [0.717, 1.165) is 23.4 Å². The molecule has 0 bridgehead atoms. The van der Waals surface area contributed by atoms with Crippen LogP contribution in [0.3, 0.4) is 0 Å². The average Bonchev–Trinajstić information content (AvgIpc) is 2.43. The van der Waals surface area contributed by atoms with Crippen LogP contribution in [0.25, 0.3) is 11.3 Å². The van der Waals surface area contributed by atoms with E-state index in [1.807, 2.05) is 18.2 Å². The highest BCUT2D eigenvalue weighted by atomic mass is 16.1. The van der Waals surface area contributed by atoms with Crippen molar-refractivity contribution >= 4 is 0 Å². The summed E-state index contributed by atoms with van der Waals surface area (Å²) >= 11 is 0. The third-order valence-electron chi connectivity index (χ3n) is 3.35. The van der Waals surface area contributed by atoms with Crippen LogP contribution in [0.4, 0.5) is 0 Å². The largest absolute Gasteiger partial charge is 0.312 e. The van der Waals surface area contributed by atoms with Crippen LogP contribution in [0.1, 0.15) is 25.0 Å². The van der Waals surface area contributed by atoms with Gasteiger partial charge in [0.1, 0.15) is 0 Å². The number of nitrogens with zero attached hydrogens (tertiary/aromatic N) is 2. The Labute approximate surface area is 125 Å². The van der Waals surface area contributed by atoms with Crippen molar-refractivity contribution in [3.05, 3.63) is 51.8 Å². The van der Waals surface area contributed by atoms with Gasteiger partial charge in [0.2, 0.25) is 0 Å². The summed E-state index contributed by atoms with van der Waals surface area (Å²) in [4.78, 5) is 12.1. The number of aromatic nitrogens is 2. The number of rotatable bonds is 5. The van der Waals surface area contributed by atoms with Crippen LogP contribution >= 0.6 is 0 Å². The van der Waals surface area contributed by atoms with E-state index in [0.29, 0.717) is 12.5 Å². The van der Waals surface area contributed by atoms with Crippen LogP contribution in [-0.2, 0) is 13.6 Å². The summed E-state index contributed by atoms with van der Waals surface area (Å²) in [6, 6.07) is 10.1. The summed E-state index contributed by atoms with van der Waals surface area (Å²) < 4.78 is 1.42. The molecule has 0 amide bonds. The van der Waals surface area contributed by atoms with Gasteiger partial charge in [0, 0.05) is 24.7 Å². The van der Waals surface area contributed by atoms with Crippen LogP contribution in [0.15, 0.2) is 35.1 Å². The van der Waals surface area contributed by atoms with E-state index in [4.69, 9.17) is 0 Å². The Hall–Kier alpha value is -1.94. The van der Waals surface area contributed by atoms with Crippen molar-refractivity contribution in [3.8, 4) is 11.3 Å². The van der Waals surface area contributed by atoms with E-state index in [1.165, 1.54) is 10.2 Å². The molecule has 0 atom stereocenters. The normalized spacial score (nSPS) is 11.1. The average molecular weight is 285 g/mol. The molecule has 4 nitrogen and oxygen atoms in total. The third kappa shape index (κ3) is 4.02. The van der Waals surface area contributed by atoms with Crippen molar-refractivity contribution in [1.29, 1.82) is 0 Å². The molecule has 1 heterocycles. The molecule has 2 aromatic rings. The Morgan fingerprint density at radius 1 is 1.24 bits per heavy atom. The van der Waals surface area contributed by atoms with Gasteiger partial charge in [0.25, 0.3) is 5.56 Å². The first kappa shape index (κ1) is 15.4. The van der Waals surface area contributed by atoms with Gasteiger partial charge in [-0.1, -0.05) is 43.7 Å². The third-order valence-corrected chi connectivity index (χ3v) is 3.35. The number of aryl methyl sites for hydroxylation is 2. The van der Waals surface area contributed by atoms with E-state index in [2.05, 4.69) is 43.3 Å². The fourth-order valence-corrected chi connectivity index (χ4v) is 2.16. The Morgan fingerprint density at radius 2 is 1.90 bits per heavy atom. The summed E-state index contributed by atoms with van der Waals surface area (Å²) in [6.45, 7) is 7.82. The van der Waals surface area contributed by atoms with Crippen LogP contribution in [-0.4, -0.2) is 16.3 Å². The first-order valence-electron chi connectivity index (χ1n) is 7.32. The van der Waals surface area contributed by atoms with Crippen LogP contribution in [0.2, 0.25) is 0 Å². The SMILES string of the molecule is Cc1ccc(-c2cc(CNCC(C)C)c(=O)n(C)n2)cc1. The minimum atomic E-state index is -0.0397. The number of benzene rings is 1.